The Morgan fingerprint density at radius 3 is 2.71 bits per heavy atom. The van der Waals surface area contributed by atoms with Gasteiger partial charge in [0.15, 0.2) is 17.5 Å². The quantitative estimate of drug-likeness (QED) is 0.476. The zero-order chi connectivity index (χ0) is 22.4. The molecule has 0 radical (unpaired) electrons. The molecule has 1 aliphatic heterocycles. The molecule has 3 rings (SSSR count). The minimum absolute atomic E-state index is 0.0927. The summed E-state index contributed by atoms with van der Waals surface area (Å²) < 4.78 is 24.6. The Kier molecular flexibility index (Phi) is 7.98. The van der Waals surface area contributed by atoms with Gasteiger partial charge in [-0.05, 0) is 67.7 Å². The highest BCUT2D eigenvalue weighted by molar-refractivity contribution is 6.30. The van der Waals surface area contributed by atoms with Gasteiger partial charge >= 0.3 is 0 Å². The summed E-state index contributed by atoms with van der Waals surface area (Å²) in [6.07, 6.45) is 1.75. The van der Waals surface area contributed by atoms with E-state index in [1.807, 2.05) is 31.3 Å². The maximum atomic E-state index is 13.9. The van der Waals surface area contributed by atoms with Gasteiger partial charge in [-0.25, -0.2) is 4.39 Å². The van der Waals surface area contributed by atoms with E-state index >= 15 is 0 Å². The minimum Gasteiger partial charge on any atom is -0.493 e. The minimum atomic E-state index is -0.391. The molecule has 1 saturated heterocycles. The van der Waals surface area contributed by atoms with Crippen molar-refractivity contribution in [2.24, 2.45) is 16.6 Å². The molecule has 8 heteroatoms. The monoisotopic (exact) mass is 448 g/mol. The second kappa shape index (κ2) is 10.7. The number of benzene rings is 2. The van der Waals surface area contributed by atoms with Crippen LogP contribution in [-0.2, 0) is 6.42 Å². The summed E-state index contributed by atoms with van der Waals surface area (Å²) in [7, 11) is 5.29. The maximum absolute atomic E-state index is 13.9. The molecule has 0 aliphatic carbocycles. The SMILES string of the molecule is COc1ccc(CCNC(N)=NCC2CCN(C)C2c2ccc(Cl)c(F)c2)cc1OC. The van der Waals surface area contributed by atoms with Gasteiger partial charge in [0.25, 0.3) is 0 Å². The Balaban J connectivity index is 1.55. The maximum Gasteiger partial charge on any atom is 0.188 e. The van der Waals surface area contributed by atoms with E-state index < -0.39 is 5.82 Å². The zero-order valence-electron chi connectivity index (χ0n) is 18.2. The van der Waals surface area contributed by atoms with E-state index in [0.717, 1.165) is 30.5 Å². The van der Waals surface area contributed by atoms with Gasteiger partial charge in [0.2, 0.25) is 0 Å². The van der Waals surface area contributed by atoms with Gasteiger partial charge in [-0.2, -0.15) is 0 Å². The topological polar surface area (TPSA) is 72.1 Å². The lowest BCUT2D eigenvalue weighted by Gasteiger charge is -2.25. The number of halogens is 2. The number of nitrogens with two attached hydrogens (primary N) is 1. The lowest BCUT2D eigenvalue weighted by atomic mass is 9.94. The van der Waals surface area contributed by atoms with Crippen molar-refractivity contribution in [3.63, 3.8) is 0 Å². The van der Waals surface area contributed by atoms with Crippen molar-refractivity contribution in [3.05, 3.63) is 58.4 Å². The number of ether oxygens (including phenoxy) is 2. The van der Waals surface area contributed by atoms with Gasteiger partial charge in [-0.15, -0.1) is 0 Å². The van der Waals surface area contributed by atoms with Gasteiger partial charge in [-0.3, -0.25) is 9.89 Å². The molecular formula is C23H30ClFN4O2. The highest BCUT2D eigenvalue weighted by atomic mass is 35.5. The number of nitrogens with zero attached hydrogens (tertiary/aromatic N) is 2. The molecule has 6 nitrogen and oxygen atoms in total. The molecule has 3 N–H and O–H groups in total. The van der Waals surface area contributed by atoms with Crippen molar-refractivity contribution in [1.82, 2.24) is 10.2 Å². The third-order valence-corrected chi connectivity index (χ3v) is 6.03. The first-order valence-corrected chi connectivity index (χ1v) is 10.7. The van der Waals surface area contributed by atoms with Crippen molar-refractivity contribution in [2.75, 3.05) is 40.9 Å². The van der Waals surface area contributed by atoms with Crippen LogP contribution in [-0.4, -0.2) is 51.8 Å². The van der Waals surface area contributed by atoms with Crippen LogP contribution in [0.1, 0.15) is 23.6 Å². The number of hydrogen-bond acceptors (Lipinski definition) is 4. The smallest absolute Gasteiger partial charge is 0.188 e. The average Bonchev–Trinajstić information content (AvgIpc) is 3.14. The Hall–Kier alpha value is -2.51. The molecule has 1 fully saturated rings. The highest BCUT2D eigenvalue weighted by Crippen LogP contribution is 2.37. The average molecular weight is 449 g/mol. The van der Waals surface area contributed by atoms with Crippen molar-refractivity contribution in [1.29, 1.82) is 0 Å². The van der Waals surface area contributed by atoms with E-state index in [1.54, 1.807) is 20.3 Å². The Bertz CT molecular complexity index is 924. The summed E-state index contributed by atoms with van der Waals surface area (Å²) in [6, 6.07) is 11.0. The highest BCUT2D eigenvalue weighted by Gasteiger charge is 2.33. The summed E-state index contributed by atoms with van der Waals surface area (Å²) in [5.74, 6) is 1.69. The third kappa shape index (κ3) is 5.80. The van der Waals surface area contributed by atoms with E-state index in [9.17, 15) is 4.39 Å². The van der Waals surface area contributed by atoms with Crippen LogP contribution in [0.2, 0.25) is 5.02 Å². The van der Waals surface area contributed by atoms with Gasteiger partial charge in [0.05, 0.1) is 19.2 Å². The molecule has 0 bridgehead atoms. The molecule has 31 heavy (non-hydrogen) atoms. The lowest BCUT2D eigenvalue weighted by Crippen LogP contribution is -2.34. The predicted molar refractivity (Wildman–Crippen MR) is 123 cm³/mol. The van der Waals surface area contributed by atoms with Crippen LogP contribution >= 0.6 is 11.6 Å². The molecule has 1 heterocycles. The Labute approximate surface area is 188 Å². The molecule has 2 aromatic carbocycles. The number of hydrogen-bond donors (Lipinski definition) is 2. The lowest BCUT2D eigenvalue weighted by molar-refractivity contribution is 0.279. The summed E-state index contributed by atoms with van der Waals surface area (Å²) >= 11 is 5.84. The molecule has 2 atom stereocenters. The van der Waals surface area contributed by atoms with E-state index in [2.05, 4.69) is 15.2 Å². The second-order valence-corrected chi connectivity index (χ2v) is 8.15. The van der Waals surface area contributed by atoms with Crippen LogP contribution in [0.5, 0.6) is 11.5 Å². The number of likely N-dealkylation sites (tertiary alicyclic amines) is 1. The predicted octanol–water partition coefficient (Wildman–Crippen LogP) is 3.64. The fourth-order valence-corrected chi connectivity index (χ4v) is 4.20. The Morgan fingerprint density at radius 2 is 2.00 bits per heavy atom. The molecular weight excluding hydrogens is 419 g/mol. The fourth-order valence-electron chi connectivity index (χ4n) is 4.08. The third-order valence-electron chi connectivity index (χ3n) is 5.72. The Morgan fingerprint density at radius 1 is 1.23 bits per heavy atom. The van der Waals surface area contributed by atoms with Crippen LogP contribution in [0.25, 0.3) is 0 Å². The van der Waals surface area contributed by atoms with E-state index in [4.69, 9.17) is 26.8 Å². The molecule has 0 amide bonds. The summed E-state index contributed by atoms with van der Waals surface area (Å²) in [6.45, 7) is 2.16. The molecule has 0 saturated carbocycles. The molecule has 0 spiro atoms. The summed E-state index contributed by atoms with van der Waals surface area (Å²) in [4.78, 5) is 6.77. The van der Waals surface area contributed by atoms with Crippen molar-refractivity contribution >= 4 is 17.6 Å². The van der Waals surface area contributed by atoms with E-state index in [-0.39, 0.29) is 17.0 Å². The van der Waals surface area contributed by atoms with Gasteiger partial charge in [-0.1, -0.05) is 23.7 Å². The van der Waals surface area contributed by atoms with E-state index in [1.165, 1.54) is 6.07 Å². The van der Waals surface area contributed by atoms with Crippen LogP contribution in [0.4, 0.5) is 4.39 Å². The van der Waals surface area contributed by atoms with Crippen LogP contribution in [0.3, 0.4) is 0 Å². The van der Waals surface area contributed by atoms with Crippen LogP contribution < -0.4 is 20.5 Å². The number of rotatable bonds is 8. The van der Waals surface area contributed by atoms with Crippen molar-refractivity contribution < 1.29 is 13.9 Å². The first-order chi connectivity index (χ1) is 14.9. The number of nitrogens with one attached hydrogen (secondary N) is 1. The molecule has 168 valence electrons. The van der Waals surface area contributed by atoms with Gasteiger partial charge in [0, 0.05) is 19.1 Å². The van der Waals surface area contributed by atoms with Gasteiger partial charge < -0.3 is 20.5 Å². The molecule has 0 aromatic heterocycles. The van der Waals surface area contributed by atoms with E-state index in [0.29, 0.717) is 30.5 Å². The van der Waals surface area contributed by atoms with Crippen LogP contribution in [0, 0.1) is 11.7 Å². The largest absolute Gasteiger partial charge is 0.493 e. The molecule has 2 aromatic rings. The number of guanidine groups is 1. The second-order valence-electron chi connectivity index (χ2n) is 7.74. The zero-order valence-corrected chi connectivity index (χ0v) is 19.0. The summed E-state index contributed by atoms with van der Waals surface area (Å²) in [5.41, 5.74) is 8.11. The van der Waals surface area contributed by atoms with Gasteiger partial charge in [0.1, 0.15) is 5.82 Å². The van der Waals surface area contributed by atoms with Crippen molar-refractivity contribution in [3.8, 4) is 11.5 Å². The first-order valence-electron chi connectivity index (χ1n) is 10.3. The number of methoxy groups -OCH3 is 2. The van der Waals surface area contributed by atoms with Crippen molar-refractivity contribution in [2.45, 2.75) is 18.9 Å². The van der Waals surface area contributed by atoms with Crippen LogP contribution in [0.15, 0.2) is 41.4 Å². The molecule has 2 unspecified atom stereocenters. The first kappa shape index (κ1) is 23.2. The molecule has 1 aliphatic rings. The number of aliphatic imine (C=N–C) groups is 1. The standard InChI is InChI=1S/C23H30ClFN4O2/c1-29-11-9-17(22(29)16-5-6-18(24)19(25)13-16)14-28-23(26)27-10-8-15-4-7-20(30-2)21(12-15)31-3/h4-7,12-13,17,22H,8-11,14H2,1-3H3,(H3,26,27,28). The normalized spacial score (nSPS) is 19.5. The fraction of sp³-hybridized carbons (Fsp3) is 0.435. The summed E-state index contributed by atoms with van der Waals surface area (Å²) in [5, 5.41) is 3.31.